The minimum atomic E-state index is 0.138. The molecular weight excluding hydrogens is 260 g/mol. The van der Waals surface area contributed by atoms with Gasteiger partial charge in [0.15, 0.2) is 5.78 Å². The lowest BCUT2D eigenvalue weighted by molar-refractivity contribution is 0.0982. The van der Waals surface area contributed by atoms with Crippen molar-refractivity contribution in [3.8, 4) is 5.75 Å². The lowest BCUT2D eigenvalue weighted by Gasteiger charge is -2.13. The summed E-state index contributed by atoms with van der Waals surface area (Å²) in [6.45, 7) is 6.04. The first-order valence-corrected chi connectivity index (χ1v) is 7.40. The van der Waals surface area contributed by atoms with Crippen LogP contribution in [-0.2, 0) is 6.42 Å². The zero-order valence-corrected chi connectivity index (χ0v) is 12.9. The molecule has 0 aromatic heterocycles. The minimum Gasteiger partial charge on any atom is -0.491 e. The first-order valence-electron chi connectivity index (χ1n) is 7.40. The summed E-state index contributed by atoms with van der Waals surface area (Å²) in [6, 6.07) is 15.7. The predicted molar refractivity (Wildman–Crippen MR) is 86.0 cm³/mol. The number of benzene rings is 2. The van der Waals surface area contributed by atoms with Crippen LogP contribution in [0.2, 0.25) is 0 Å². The van der Waals surface area contributed by atoms with Crippen LogP contribution in [0, 0.1) is 6.92 Å². The first kappa shape index (κ1) is 15.3. The van der Waals surface area contributed by atoms with Crippen LogP contribution in [0.4, 0.5) is 0 Å². The summed E-state index contributed by atoms with van der Waals surface area (Å²) in [5.41, 5.74) is 3.04. The van der Waals surface area contributed by atoms with Gasteiger partial charge in [-0.25, -0.2) is 0 Å². The Morgan fingerprint density at radius 1 is 1.05 bits per heavy atom. The van der Waals surface area contributed by atoms with Crippen molar-refractivity contribution in [1.82, 2.24) is 0 Å². The van der Waals surface area contributed by atoms with E-state index >= 15 is 0 Å². The van der Waals surface area contributed by atoms with Crippen LogP contribution >= 0.6 is 0 Å². The van der Waals surface area contributed by atoms with Crippen molar-refractivity contribution in [2.45, 2.75) is 39.7 Å². The van der Waals surface area contributed by atoms with E-state index in [-0.39, 0.29) is 11.9 Å². The maximum atomic E-state index is 12.2. The molecule has 0 aliphatic carbocycles. The van der Waals surface area contributed by atoms with Crippen molar-refractivity contribution < 1.29 is 9.53 Å². The molecule has 0 amide bonds. The molecule has 0 N–H and O–H groups in total. The van der Waals surface area contributed by atoms with Crippen LogP contribution in [0.3, 0.4) is 0 Å². The SMILES string of the molecule is Cc1ccc(C(=O)CCc2ccccc2OC(C)C)cc1. The molecule has 2 nitrogen and oxygen atoms in total. The highest BCUT2D eigenvalue weighted by atomic mass is 16.5. The summed E-state index contributed by atoms with van der Waals surface area (Å²) in [7, 11) is 0. The first-order chi connectivity index (χ1) is 10.1. The molecule has 0 saturated heterocycles. The average molecular weight is 282 g/mol. The normalized spacial score (nSPS) is 10.7. The summed E-state index contributed by atoms with van der Waals surface area (Å²) in [6.07, 6.45) is 1.34. The van der Waals surface area contributed by atoms with Gasteiger partial charge in [0.1, 0.15) is 5.75 Å². The topological polar surface area (TPSA) is 26.3 Å². The van der Waals surface area contributed by atoms with Gasteiger partial charge in [0, 0.05) is 12.0 Å². The Morgan fingerprint density at radius 3 is 2.38 bits per heavy atom. The van der Waals surface area contributed by atoms with Crippen molar-refractivity contribution >= 4 is 5.78 Å². The van der Waals surface area contributed by atoms with Crippen LogP contribution in [0.15, 0.2) is 48.5 Å². The zero-order chi connectivity index (χ0) is 15.2. The zero-order valence-electron chi connectivity index (χ0n) is 12.9. The van der Waals surface area contributed by atoms with E-state index in [0.717, 1.165) is 16.9 Å². The Labute approximate surface area is 126 Å². The molecule has 2 heteroatoms. The van der Waals surface area contributed by atoms with E-state index in [1.165, 1.54) is 5.56 Å². The molecule has 2 aromatic rings. The van der Waals surface area contributed by atoms with Gasteiger partial charge in [-0.3, -0.25) is 4.79 Å². The van der Waals surface area contributed by atoms with Crippen molar-refractivity contribution in [2.75, 3.05) is 0 Å². The number of para-hydroxylation sites is 1. The summed E-state index contributed by atoms with van der Waals surface area (Å²) >= 11 is 0. The van der Waals surface area contributed by atoms with Gasteiger partial charge in [-0.05, 0) is 38.8 Å². The molecule has 0 atom stereocenters. The van der Waals surface area contributed by atoms with Gasteiger partial charge in [-0.15, -0.1) is 0 Å². The standard InChI is InChI=1S/C19H22O2/c1-14(2)21-19-7-5-4-6-17(19)12-13-18(20)16-10-8-15(3)9-11-16/h4-11,14H,12-13H2,1-3H3. The Hall–Kier alpha value is -2.09. The average Bonchev–Trinajstić information content (AvgIpc) is 2.46. The van der Waals surface area contributed by atoms with E-state index in [1.807, 2.05) is 69.3 Å². The van der Waals surface area contributed by atoms with Gasteiger partial charge in [-0.1, -0.05) is 48.0 Å². The number of ether oxygens (including phenoxy) is 1. The van der Waals surface area contributed by atoms with Crippen molar-refractivity contribution in [2.24, 2.45) is 0 Å². The molecule has 0 aliphatic rings. The molecule has 0 fully saturated rings. The van der Waals surface area contributed by atoms with Crippen LogP contribution in [-0.4, -0.2) is 11.9 Å². The lowest BCUT2D eigenvalue weighted by atomic mass is 10.0. The smallest absolute Gasteiger partial charge is 0.163 e. The van der Waals surface area contributed by atoms with E-state index in [9.17, 15) is 4.79 Å². The lowest BCUT2D eigenvalue weighted by Crippen LogP contribution is -2.08. The fraction of sp³-hybridized carbons (Fsp3) is 0.316. The highest BCUT2D eigenvalue weighted by Crippen LogP contribution is 2.21. The molecule has 0 spiro atoms. The van der Waals surface area contributed by atoms with Gasteiger partial charge in [0.25, 0.3) is 0 Å². The monoisotopic (exact) mass is 282 g/mol. The van der Waals surface area contributed by atoms with E-state index in [0.29, 0.717) is 12.8 Å². The number of ketones is 1. The number of carbonyl (C=O) groups is 1. The number of rotatable bonds is 6. The number of hydrogen-bond acceptors (Lipinski definition) is 2. The highest BCUT2D eigenvalue weighted by molar-refractivity contribution is 5.96. The molecule has 0 saturated carbocycles. The Balaban J connectivity index is 2.02. The molecule has 0 unspecified atom stereocenters. The molecule has 110 valence electrons. The summed E-state index contributed by atoms with van der Waals surface area (Å²) < 4.78 is 5.79. The fourth-order valence-electron chi connectivity index (χ4n) is 2.21. The van der Waals surface area contributed by atoms with Gasteiger partial charge < -0.3 is 4.74 Å². The summed E-state index contributed by atoms with van der Waals surface area (Å²) in [4.78, 5) is 12.2. The van der Waals surface area contributed by atoms with E-state index in [1.54, 1.807) is 0 Å². The molecule has 2 aromatic carbocycles. The molecular formula is C19H22O2. The van der Waals surface area contributed by atoms with E-state index in [4.69, 9.17) is 4.74 Å². The van der Waals surface area contributed by atoms with Gasteiger partial charge in [-0.2, -0.15) is 0 Å². The van der Waals surface area contributed by atoms with E-state index in [2.05, 4.69) is 0 Å². The molecule has 0 radical (unpaired) electrons. The Morgan fingerprint density at radius 2 is 1.71 bits per heavy atom. The summed E-state index contributed by atoms with van der Waals surface area (Å²) in [5.74, 6) is 1.05. The predicted octanol–water partition coefficient (Wildman–Crippen LogP) is 4.60. The third-order valence-corrected chi connectivity index (χ3v) is 3.33. The van der Waals surface area contributed by atoms with Gasteiger partial charge in [0.2, 0.25) is 0 Å². The second-order valence-electron chi connectivity index (χ2n) is 5.56. The van der Waals surface area contributed by atoms with Gasteiger partial charge >= 0.3 is 0 Å². The van der Waals surface area contributed by atoms with Crippen LogP contribution in [0.1, 0.15) is 41.8 Å². The third kappa shape index (κ3) is 4.45. The van der Waals surface area contributed by atoms with Gasteiger partial charge in [0.05, 0.1) is 6.10 Å². The maximum absolute atomic E-state index is 12.2. The number of Topliss-reactive ketones (excluding diaryl/α,β-unsaturated/α-hetero) is 1. The van der Waals surface area contributed by atoms with Crippen molar-refractivity contribution in [1.29, 1.82) is 0 Å². The number of hydrogen-bond donors (Lipinski definition) is 0. The number of aryl methyl sites for hydroxylation is 2. The fourth-order valence-corrected chi connectivity index (χ4v) is 2.21. The molecule has 0 aliphatic heterocycles. The Bertz CT molecular complexity index is 597. The molecule has 0 bridgehead atoms. The second kappa shape index (κ2) is 7.07. The minimum absolute atomic E-state index is 0.138. The maximum Gasteiger partial charge on any atom is 0.163 e. The van der Waals surface area contributed by atoms with Crippen LogP contribution in [0.25, 0.3) is 0 Å². The van der Waals surface area contributed by atoms with Crippen LogP contribution < -0.4 is 4.74 Å². The van der Waals surface area contributed by atoms with E-state index < -0.39 is 0 Å². The van der Waals surface area contributed by atoms with Crippen molar-refractivity contribution in [3.63, 3.8) is 0 Å². The number of carbonyl (C=O) groups excluding carboxylic acids is 1. The summed E-state index contributed by atoms with van der Waals surface area (Å²) in [5, 5.41) is 0. The van der Waals surface area contributed by atoms with Crippen molar-refractivity contribution in [3.05, 3.63) is 65.2 Å². The van der Waals surface area contributed by atoms with Crippen LogP contribution in [0.5, 0.6) is 5.75 Å². The second-order valence-corrected chi connectivity index (χ2v) is 5.56. The quantitative estimate of drug-likeness (QED) is 0.724. The Kier molecular flexibility index (Phi) is 5.15. The molecule has 0 heterocycles. The largest absolute Gasteiger partial charge is 0.491 e. The molecule has 21 heavy (non-hydrogen) atoms. The third-order valence-electron chi connectivity index (χ3n) is 3.33. The molecule has 2 rings (SSSR count). The highest BCUT2D eigenvalue weighted by Gasteiger charge is 2.09.